The first-order valence-corrected chi connectivity index (χ1v) is 13.3. The van der Waals surface area contributed by atoms with E-state index < -0.39 is 23.4 Å². The molecule has 1 aliphatic rings. The molecule has 1 N–H and O–H groups in total. The molecule has 0 saturated carbocycles. The molecular formula is C31H22F3N5O4. The van der Waals surface area contributed by atoms with E-state index in [0.29, 0.717) is 41.3 Å². The Labute approximate surface area is 242 Å². The van der Waals surface area contributed by atoms with Crippen molar-refractivity contribution in [3.8, 4) is 23.2 Å². The summed E-state index contributed by atoms with van der Waals surface area (Å²) in [5.41, 5.74) is 1.93. The van der Waals surface area contributed by atoms with Crippen molar-refractivity contribution in [2.75, 3.05) is 6.61 Å². The van der Waals surface area contributed by atoms with E-state index >= 15 is 4.39 Å². The molecule has 0 radical (unpaired) electrons. The van der Waals surface area contributed by atoms with Crippen LogP contribution in [0, 0.1) is 28.8 Å². The van der Waals surface area contributed by atoms with Crippen molar-refractivity contribution in [2.45, 2.75) is 32.1 Å². The van der Waals surface area contributed by atoms with Gasteiger partial charge in [0.25, 0.3) is 5.88 Å². The van der Waals surface area contributed by atoms with E-state index in [1.54, 1.807) is 22.8 Å². The molecule has 12 heteroatoms. The number of benzene rings is 2. The zero-order valence-electron chi connectivity index (χ0n) is 22.4. The summed E-state index contributed by atoms with van der Waals surface area (Å²) in [6.45, 7) is 0.706. The maximum atomic E-state index is 15.4. The maximum absolute atomic E-state index is 15.4. The number of carboxylic acid groups (broad SMARTS) is 1. The molecule has 6 rings (SSSR count). The third-order valence-electron chi connectivity index (χ3n) is 7.13. The summed E-state index contributed by atoms with van der Waals surface area (Å²) in [4.78, 5) is 24.5. The van der Waals surface area contributed by atoms with Gasteiger partial charge in [-0.05, 0) is 54.4 Å². The average Bonchev–Trinajstić information content (AvgIpc) is 3.31. The van der Waals surface area contributed by atoms with Gasteiger partial charge in [0.2, 0.25) is 0 Å². The highest BCUT2D eigenvalue weighted by atomic mass is 19.1. The molecule has 1 atom stereocenters. The van der Waals surface area contributed by atoms with E-state index in [0.717, 1.165) is 18.6 Å². The Hall–Kier alpha value is -5.28. The highest BCUT2D eigenvalue weighted by molar-refractivity contribution is 5.88. The number of imidazole rings is 1. The molecule has 2 aromatic carbocycles. The Bertz CT molecular complexity index is 1920. The molecule has 0 bridgehead atoms. The summed E-state index contributed by atoms with van der Waals surface area (Å²) in [7, 11) is 0. The lowest BCUT2D eigenvalue weighted by Crippen LogP contribution is -2.32. The Morgan fingerprint density at radius 3 is 2.49 bits per heavy atom. The van der Waals surface area contributed by atoms with Gasteiger partial charge >= 0.3 is 5.97 Å². The molecule has 9 nitrogen and oxygen atoms in total. The molecule has 3 aromatic heterocycles. The van der Waals surface area contributed by atoms with Gasteiger partial charge in [-0.2, -0.15) is 5.26 Å². The lowest BCUT2D eigenvalue weighted by Gasteiger charge is -2.27. The standard InChI is InChI=1S/C31H22F3N5O4/c32-22-5-6-25(38-30(22)43-16-20-2-1-17(14-35)11-23(20)33)19-4-3-18(24(34)12-19)13-28-36-26-7-8-27(31(40)41)37-29(26)39(28)15-21-9-10-42-21/h1-8,11-12,21H,9-10,13,15-16H2,(H,40,41)/t21-/m0/s1. The molecule has 43 heavy (non-hydrogen) atoms. The van der Waals surface area contributed by atoms with Crippen LogP contribution in [0.15, 0.2) is 60.7 Å². The molecule has 4 heterocycles. The number of aromatic nitrogens is 4. The van der Waals surface area contributed by atoms with Gasteiger partial charge in [-0.15, -0.1) is 0 Å². The number of ether oxygens (including phenoxy) is 2. The van der Waals surface area contributed by atoms with Crippen LogP contribution < -0.4 is 4.74 Å². The summed E-state index contributed by atoms with van der Waals surface area (Å²) < 4.78 is 56.8. The van der Waals surface area contributed by atoms with Gasteiger partial charge in [0.1, 0.15) is 29.6 Å². The van der Waals surface area contributed by atoms with Gasteiger partial charge < -0.3 is 19.1 Å². The third-order valence-corrected chi connectivity index (χ3v) is 7.13. The quantitative estimate of drug-likeness (QED) is 0.243. The number of carboxylic acids is 1. The van der Waals surface area contributed by atoms with Crippen LogP contribution in [-0.2, 0) is 24.3 Å². The summed E-state index contributed by atoms with van der Waals surface area (Å²) in [5, 5.41) is 18.3. The molecule has 5 aromatic rings. The summed E-state index contributed by atoms with van der Waals surface area (Å²) in [5.74, 6) is -3.04. The number of nitrogens with zero attached hydrogens (tertiary/aromatic N) is 5. The van der Waals surface area contributed by atoms with Gasteiger partial charge in [-0.3, -0.25) is 0 Å². The maximum Gasteiger partial charge on any atom is 0.354 e. The Morgan fingerprint density at radius 2 is 1.79 bits per heavy atom. The van der Waals surface area contributed by atoms with Crippen LogP contribution >= 0.6 is 0 Å². The van der Waals surface area contributed by atoms with Crippen molar-refractivity contribution in [1.29, 1.82) is 5.26 Å². The first-order valence-electron chi connectivity index (χ1n) is 13.3. The molecule has 1 fully saturated rings. The van der Waals surface area contributed by atoms with Crippen LogP contribution in [0.4, 0.5) is 13.2 Å². The number of rotatable bonds is 9. The van der Waals surface area contributed by atoms with E-state index in [2.05, 4.69) is 15.0 Å². The molecule has 0 spiro atoms. The van der Waals surface area contributed by atoms with Crippen LogP contribution in [0.25, 0.3) is 22.4 Å². The predicted molar refractivity (Wildman–Crippen MR) is 147 cm³/mol. The fourth-order valence-electron chi connectivity index (χ4n) is 4.71. The van der Waals surface area contributed by atoms with Crippen molar-refractivity contribution >= 4 is 17.1 Å². The summed E-state index contributed by atoms with van der Waals surface area (Å²) in [6.07, 6.45) is 0.853. The molecule has 0 amide bonds. The zero-order chi connectivity index (χ0) is 30.1. The van der Waals surface area contributed by atoms with E-state index in [9.17, 15) is 18.7 Å². The number of pyridine rings is 2. The molecule has 1 aliphatic heterocycles. The fraction of sp³-hybridized carbons (Fsp3) is 0.194. The number of nitriles is 1. The summed E-state index contributed by atoms with van der Waals surface area (Å²) in [6, 6.07) is 15.6. The summed E-state index contributed by atoms with van der Waals surface area (Å²) >= 11 is 0. The molecular weight excluding hydrogens is 563 g/mol. The van der Waals surface area contributed by atoms with Gasteiger partial charge in [0.05, 0.1) is 30.0 Å². The van der Waals surface area contributed by atoms with Gasteiger partial charge in [0.15, 0.2) is 17.2 Å². The molecule has 0 aliphatic carbocycles. The van der Waals surface area contributed by atoms with Crippen LogP contribution in [-0.4, -0.2) is 43.3 Å². The second-order valence-electron chi connectivity index (χ2n) is 9.94. The number of carbonyl (C=O) groups is 1. The fourth-order valence-corrected chi connectivity index (χ4v) is 4.71. The lowest BCUT2D eigenvalue weighted by atomic mass is 10.0. The second kappa shape index (κ2) is 11.5. The minimum Gasteiger partial charge on any atom is -0.477 e. The topological polar surface area (TPSA) is 123 Å². The average molecular weight is 586 g/mol. The molecule has 216 valence electrons. The van der Waals surface area contributed by atoms with E-state index in [4.69, 9.17) is 14.7 Å². The second-order valence-corrected chi connectivity index (χ2v) is 9.94. The van der Waals surface area contributed by atoms with Crippen LogP contribution in [0.5, 0.6) is 5.88 Å². The van der Waals surface area contributed by atoms with Crippen LogP contribution in [0.2, 0.25) is 0 Å². The van der Waals surface area contributed by atoms with Crippen molar-refractivity contribution in [3.63, 3.8) is 0 Å². The highest BCUT2D eigenvalue weighted by Crippen LogP contribution is 2.27. The highest BCUT2D eigenvalue weighted by Gasteiger charge is 2.24. The Kier molecular flexibility index (Phi) is 7.48. The number of hydrogen-bond acceptors (Lipinski definition) is 7. The number of aromatic carboxylic acids is 1. The molecule has 1 saturated heterocycles. The van der Waals surface area contributed by atoms with E-state index in [-0.39, 0.29) is 47.5 Å². The van der Waals surface area contributed by atoms with Crippen molar-refractivity contribution in [2.24, 2.45) is 0 Å². The van der Waals surface area contributed by atoms with Gasteiger partial charge in [-0.25, -0.2) is 32.9 Å². The largest absolute Gasteiger partial charge is 0.477 e. The monoisotopic (exact) mass is 585 g/mol. The first-order chi connectivity index (χ1) is 20.8. The minimum absolute atomic E-state index is 0.0759. The smallest absolute Gasteiger partial charge is 0.354 e. The van der Waals surface area contributed by atoms with Crippen molar-refractivity contribution in [3.05, 3.63) is 106 Å². The zero-order valence-corrected chi connectivity index (χ0v) is 22.4. The van der Waals surface area contributed by atoms with E-state index in [1.165, 1.54) is 30.3 Å². The first kappa shape index (κ1) is 27.9. The van der Waals surface area contributed by atoms with Gasteiger partial charge in [-0.1, -0.05) is 18.2 Å². The Morgan fingerprint density at radius 1 is 1.00 bits per heavy atom. The van der Waals surface area contributed by atoms with Crippen LogP contribution in [0.1, 0.15) is 39.4 Å². The third kappa shape index (κ3) is 5.75. The van der Waals surface area contributed by atoms with Gasteiger partial charge in [0, 0.05) is 24.2 Å². The van der Waals surface area contributed by atoms with E-state index in [1.807, 2.05) is 6.07 Å². The number of fused-ring (bicyclic) bond motifs is 1. The number of halogens is 3. The van der Waals surface area contributed by atoms with Crippen molar-refractivity contribution < 1.29 is 32.5 Å². The van der Waals surface area contributed by atoms with Crippen molar-refractivity contribution in [1.82, 2.24) is 19.5 Å². The SMILES string of the molecule is N#Cc1ccc(COc2nc(-c3ccc(Cc4nc5ccc(C(=O)O)nc5n4C[C@@H]4CCO4)c(F)c3)ccc2F)c(F)c1. The lowest BCUT2D eigenvalue weighted by molar-refractivity contribution is -0.0590. The Balaban J connectivity index is 1.25. The van der Waals surface area contributed by atoms with Crippen LogP contribution in [0.3, 0.4) is 0 Å². The molecule has 0 unspecified atom stereocenters. The minimum atomic E-state index is -1.16. The number of hydrogen-bond donors (Lipinski definition) is 1. The normalized spacial score (nSPS) is 14.3. The predicted octanol–water partition coefficient (Wildman–Crippen LogP) is 5.44.